The smallest absolute Gasteiger partial charge is 0.115 e. The Morgan fingerprint density at radius 1 is 0.250 bits per heavy atom. The molecule has 52 heavy (non-hydrogen) atoms. The van der Waals surface area contributed by atoms with Gasteiger partial charge in [0.05, 0.1) is 0 Å². The summed E-state index contributed by atoms with van der Waals surface area (Å²) in [7, 11) is 0. The molecule has 10 rings (SSSR count). The molecule has 0 bridgehead atoms. The summed E-state index contributed by atoms with van der Waals surface area (Å²) in [5, 5.41) is 2.59. The highest BCUT2D eigenvalue weighted by atomic mass is 14.8. The number of benzene rings is 7. The Morgan fingerprint density at radius 3 is 1.17 bits per heavy atom. The average Bonchev–Trinajstić information content (AvgIpc) is 3.56. The quantitative estimate of drug-likeness (QED) is 0.178. The number of rotatable bonds is 6. The normalized spacial score (nSPS) is 11.5. The molecule has 2 heterocycles. The Labute approximate surface area is 301 Å². The van der Waals surface area contributed by atoms with Crippen molar-refractivity contribution in [3.63, 3.8) is 0 Å². The molecule has 0 amide bonds. The lowest BCUT2D eigenvalue weighted by atomic mass is 9.92. The zero-order valence-electron chi connectivity index (χ0n) is 28.1. The van der Waals surface area contributed by atoms with Crippen LogP contribution in [0.15, 0.2) is 183 Å². The van der Waals surface area contributed by atoms with Crippen LogP contribution in [0.2, 0.25) is 0 Å². The fourth-order valence-corrected chi connectivity index (χ4v) is 7.69. The molecule has 0 N–H and O–H groups in total. The van der Waals surface area contributed by atoms with Gasteiger partial charge in [0.2, 0.25) is 0 Å². The molecule has 1 aliphatic carbocycles. The molecular weight excluding hydrogens is 633 g/mol. The first-order valence-electron chi connectivity index (χ1n) is 17.4. The Bertz CT molecular complexity index is 2790. The first-order valence-corrected chi connectivity index (χ1v) is 17.4. The maximum atomic E-state index is 4.21. The first-order chi connectivity index (χ1) is 25.8. The van der Waals surface area contributed by atoms with Crippen molar-refractivity contribution < 1.29 is 0 Å². The third kappa shape index (κ3) is 5.17. The van der Waals surface area contributed by atoms with Crippen LogP contribution in [-0.2, 0) is 0 Å². The standard InChI is InChI=1S/C48H30N4/c1-6-31(32-7-2-11-36(21-32)40-25-49-29-50-26-40)20-34(9-1)38-16-17-43-46-19-18-42(44-14-5-15-45(48(44)46)47(43)24-38)39-13-4-10-35(23-39)33-8-3-12-37(22-33)41-27-51-30-52-28-41/h1-30H. The van der Waals surface area contributed by atoms with E-state index in [4.69, 9.17) is 0 Å². The van der Waals surface area contributed by atoms with Crippen molar-refractivity contribution >= 4 is 10.8 Å². The van der Waals surface area contributed by atoms with E-state index in [2.05, 4.69) is 166 Å². The van der Waals surface area contributed by atoms with Gasteiger partial charge >= 0.3 is 0 Å². The van der Waals surface area contributed by atoms with E-state index in [1.807, 2.05) is 24.8 Å². The number of hydrogen-bond acceptors (Lipinski definition) is 4. The molecule has 9 aromatic rings. The molecule has 0 saturated heterocycles. The van der Waals surface area contributed by atoms with Gasteiger partial charge in [0, 0.05) is 35.9 Å². The van der Waals surface area contributed by atoms with E-state index in [1.54, 1.807) is 12.7 Å². The highest BCUT2D eigenvalue weighted by molar-refractivity contribution is 6.19. The van der Waals surface area contributed by atoms with E-state index in [-0.39, 0.29) is 0 Å². The molecule has 7 aromatic carbocycles. The van der Waals surface area contributed by atoms with Crippen molar-refractivity contribution in [1.82, 2.24) is 19.9 Å². The van der Waals surface area contributed by atoms with Crippen LogP contribution in [0.5, 0.6) is 0 Å². The van der Waals surface area contributed by atoms with Crippen LogP contribution < -0.4 is 0 Å². The fourth-order valence-electron chi connectivity index (χ4n) is 7.69. The number of hydrogen-bond donors (Lipinski definition) is 0. The van der Waals surface area contributed by atoms with Crippen molar-refractivity contribution in [2.45, 2.75) is 0 Å². The predicted molar refractivity (Wildman–Crippen MR) is 212 cm³/mol. The molecule has 0 spiro atoms. The Balaban J connectivity index is 1.01. The van der Waals surface area contributed by atoms with Crippen LogP contribution in [0.3, 0.4) is 0 Å². The van der Waals surface area contributed by atoms with Crippen molar-refractivity contribution in [3.05, 3.63) is 183 Å². The lowest BCUT2D eigenvalue weighted by Gasteiger charge is -2.12. The SMILES string of the molecule is c1cc(-c2cncnc2)cc(-c2cccc(-c3ccc4c(c3)-c3cccc5c(-c6cccc(-c7cccc(-c8cncnc8)c7)c6)ccc-4c35)c2)c1. The molecule has 4 heteroatoms. The van der Waals surface area contributed by atoms with Gasteiger partial charge in [-0.2, -0.15) is 0 Å². The fraction of sp³-hybridized carbons (Fsp3) is 0. The summed E-state index contributed by atoms with van der Waals surface area (Å²) in [5.41, 5.74) is 18.9. The predicted octanol–water partition coefficient (Wildman–Crippen LogP) is 12.1. The zero-order valence-corrected chi connectivity index (χ0v) is 28.1. The number of fused-ring (bicyclic) bond motifs is 3. The lowest BCUT2D eigenvalue weighted by molar-refractivity contribution is 1.17. The maximum absolute atomic E-state index is 4.21. The second-order valence-corrected chi connectivity index (χ2v) is 13.2. The molecule has 0 atom stereocenters. The van der Waals surface area contributed by atoms with Crippen LogP contribution in [0.25, 0.3) is 99.8 Å². The summed E-state index contributed by atoms with van der Waals surface area (Å²) < 4.78 is 0. The Morgan fingerprint density at radius 2 is 0.635 bits per heavy atom. The van der Waals surface area contributed by atoms with E-state index in [1.165, 1.54) is 66.4 Å². The topological polar surface area (TPSA) is 51.6 Å². The third-order valence-corrected chi connectivity index (χ3v) is 10.2. The summed E-state index contributed by atoms with van der Waals surface area (Å²) in [6, 6.07) is 53.1. The number of aromatic nitrogens is 4. The highest BCUT2D eigenvalue weighted by Crippen LogP contribution is 2.50. The minimum Gasteiger partial charge on any atom is -0.244 e. The van der Waals surface area contributed by atoms with Gasteiger partial charge in [0.15, 0.2) is 0 Å². The van der Waals surface area contributed by atoms with Gasteiger partial charge in [-0.1, -0.05) is 115 Å². The van der Waals surface area contributed by atoms with E-state index in [0.717, 1.165) is 33.4 Å². The minimum atomic E-state index is 1.01. The summed E-state index contributed by atoms with van der Waals surface area (Å²) in [6.07, 6.45) is 10.6. The molecule has 0 fully saturated rings. The lowest BCUT2D eigenvalue weighted by Crippen LogP contribution is -1.86. The van der Waals surface area contributed by atoms with Crippen molar-refractivity contribution in [2.24, 2.45) is 0 Å². The van der Waals surface area contributed by atoms with Crippen molar-refractivity contribution in [1.29, 1.82) is 0 Å². The third-order valence-electron chi connectivity index (χ3n) is 10.2. The molecule has 0 unspecified atom stereocenters. The van der Waals surface area contributed by atoms with Gasteiger partial charge in [-0.3, -0.25) is 0 Å². The van der Waals surface area contributed by atoms with Crippen LogP contribution in [0.1, 0.15) is 0 Å². The molecule has 0 radical (unpaired) electrons. The summed E-state index contributed by atoms with van der Waals surface area (Å²) in [5.74, 6) is 0. The van der Waals surface area contributed by atoms with E-state index in [9.17, 15) is 0 Å². The summed E-state index contributed by atoms with van der Waals surface area (Å²) in [4.78, 5) is 16.8. The summed E-state index contributed by atoms with van der Waals surface area (Å²) in [6.45, 7) is 0. The molecule has 242 valence electrons. The van der Waals surface area contributed by atoms with Crippen LogP contribution >= 0.6 is 0 Å². The average molecular weight is 663 g/mol. The van der Waals surface area contributed by atoms with Gasteiger partial charge in [0.25, 0.3) is 0 Å². The minimum absolute atomic E-state index is 1.01. The summed E-state index contributed by atoms with van der Waals surface area (Å²) >= 11 is 0. The maximum Gasteiger partial charge on any atom is 0.115 e. The largest absolute Gasteiger partial charge is 0.244 e. The van der Waals surface area contributed by atoms with Gasteiger partial charge in [-0.15, -0.1) is 0 Å². The second kappa shape index (κ2) is 12.4. The van der Waals surface area contributed by atoms with Crippen molar-refractivity contribution in [2.75, 3.05) is 0 Å². The molecule has 0 aliphatic heterocycles. The van der Waals surface area contributed by atoms with Gasteiger partial charge < -0.3 is 0 Å². The van der Waals surface area contributed by atoms with Crippen LogP contribution in [0.4, 0.5) is 0 Å². The molecular formula is C48H30N4. The van der Waals surface area contributed by atoms with Crippen LogP contribution in [0, 0.1) is 0 Å². The molecule has 2 aromatic heterocycles. The molecule has 4 nitrogen and oxygen atoms in total. The Hall–Kier alpha value is -7.04. The zero-order chi connectivity index (χ0) is 34.4. The van der Waals surface area contributed by atoms with Gasteiger partial charge in [-0.25, -0.2) is 19.9 Å². The molecule has 1 aliphatic rings. The van der Waals surface area contributed by atoms with Gasteiger partial charge in [0.1, 0.15) is 12.7 Å². The number of nitrogens with zero attached hydrogens (tertiary/aromatic N) is 4. The highest BCUT2D eigenvalue weighted by Gasteiger charge is 2.23. The Kier molecular flexibility index (Phi) is 7.10. The molecule has 0 saturated carbocycles. The monoisotopic (exact) mass is 662 g/mol. The van der Waals surface area contributed by atoms with E-state index >= 15 is 0 Å². The van der Waals surface area contributed by atoms with Gasteiger partial charge in [-0.05, 0) is 119 Å². The second-order valence-electron chi connectivity index (χ2n) is 13.2. The van der Waals surface area contributed by atoms with Crippen LogP contribution in [-0.4, -0.2) is 19.9 Å². The first kappa shape index (κ1) is 29.8. The van der Waals surface area contributed by atoms with Crippen molar-refractivity contribution in [3.8, 4) is 89.0 Å². The van der Waals surface area contributed by atoms with E-state index < -0.39 is 0 Å². The van der Waals surface area contributed by atoms with E-state index in [0.29, 0.717) is 0 Å².